The molecule has 3 N–H and O–H groups in total. The van der Waals surface area contributed by atoms with Crippen LogP contribution in [0.1, 0.15) is 23.0 Å². The number of nitrogens with one attached hydrogen (secondary N) is 1. The van der Waals surface area contributed by atoms with Gasteiger partial charge in [0, 0.05) is 20.1 Å². The maximum atomic E-state index is 12.1. The number of nitrogens with zero attached hydrogens (tertiary/aromatic N) is 3. The predicted molar refractivity (Wildman–Crippen MR) is 81.0 cm³/mol. The number of amides is 1. The molecule has 0 bridgehead atoms. The molecule has 0 radical (unpaired) electrons. The highest BCUT2D eigenvalue weighted by atomic mass is 32.1. The molecule has 0 aliphatic heterocycles. The van der Waals surface area contributed by atoms with Gasteiger partial charge in [-0.25, -0.2) is 4.98 Å². The Morgan fingerprint density at radius 2 is 2.05 bits per heavy atom. The number of anilines is 2. The van der Waals surface area contributed by atoms with Crippen molar-refractivity contribution in [3.05, 3.63) is 4.88 Å². The predicted octanol–water partition coefficient (Wildman–Crippen LogP) is 0.861. The van der Waals surface area contributed by atoms with Crippen LogP contribution < -0.4 is 16.0 Å². The summed E-state index contributed by atoms with van der Waals surface area (Å²) in [7, 11) is 7.78. The van der Waals surface area contributed by atoms with Crippen LogP contribution in [0.2, 0.25) is 0 Å². The summed E-state index contributed by atoms with van der Waals surface area (Å²) in [6, 6.07) is 0.110. The topological polar surface area (TPSA) is 74.5 Å². The Labute approximate surface area is 118 Å². The van der Waals surface area contributed by atoms with Crippen molar-refractivity contribution in [2.75, 3.05) is 45.4 Å². The van der Waals surface area contributed by atoms with Crippen LogP contribution in [0.5, 0.6) is 0 Å². The van der Waals surface area contributed by atoms with Gasteiger partial charge in [-0.2, -0.15) is 0 Å². The van der Waals surface area contributed by atoms with Crippen molar-refractivity contribution in [3.63, 3.8) is 0 Å². The molecule has 0 aromatic carbocycles. The Morgan fingerprint density at radius 1 is 1.42 bits per heavy atom. The highest BCUT2D eigenvalue weighted by Crippen LogP contribution is 2.26. The fourth-order valence-electron chi connectivity index (χ4n) is 1.49. The van der Waals surface area contributed by atoms with E-state index >= 15 is 0 Å². The van der Waals surface area contributed by atoms with E-state index in [9.17, 15) is 4.79 Å². The van der Waals surface area contributed by atoms with Gasteiger partial charge in [0.15, 0.2) is 5.13 Å². The normalized spacial score (nSPS) is 12.5. The van der Waals surface area contributed by atoms with E-state index in [1.54, 1.807) is 0 Å². The summed E-state index contributed by atoms with van der Waals surface area (Å²) >= 11 is 1.31. The van der Waals surface area contributed by atoms with Crippen molar-refractivity contribution in [3.8, 4) is 0 Å². The average molecular weight is 285 g/mol. The first kappa shape index (κ1) is 15.7. The number of carbonyl (C=O) groups is 1. The Kier molecular flexibility index (Phi) is 5.56. The standard InChI is InChI=1S/C12H23N5OS/c1-8(6-7-16(2)3)14-11(18)9-10(13)15-12(19-9)17(4)5/h8H,6-7,13H2,1-5H3,(H,14,18). The van der Waals surface area contributed by atoms with E-state index in [2.05, 4.69) is 15.2 Å². The van der Waals surface area contributed by atoms with E-state index in [-0.39, 0.29) is 11.9 Å². The molecule has 0 saturated heterocycles. The zero-order chi connectivity index (χ0) is 14.6. The summed E-state index contributed by atoms with van der Waals surface area (Å²) in [5.41, 5.74) is 5.78. The molecule has 0 spiro atoms. The van der Waals surface area contributed by atoms with Gasteiger partial charge in [0.05, 0.1) is 0 Å². The van der Waals surface area contributed by atoms with Crippen LogP contribution in [0.25, 0.3) is 0 Å². The summed E-state index contributed by atoms with van der Waals surface area (Å²) in [5, 5.41) is 3.69. The second-order valence-electron chi connectivity index (χ2n) is 5.07. The minimum atomic E-state index is -0.144. The maximum absolute atomic E-state index is 12.1. The third kappa shape index (κ3) is 4.68. The Balaban J connectivity index is 2.62. The average Bonchev–Trinajstić information content (AvgIpc) is 2.69. The number of hydrogen-bond donors (Lipinski definition) is 2. The molecule has 6 nitrogen and oxygen atoms in total. The lowest BCUT2D eigenvalue weighted by atomic mass is 10.2. The lowest BCUT2D eigenvalue weighted by molar-refractivity contribution is 0.0941. The van der Waals surface area contributed by atoms with E-state index in [1.807, 2.05) is 40.0 Å². The van der Waals surface area contributed by atoms with Gasteiger partial charge in [-0.15, -0.1) is 0 Å². The highest BCUT2D eigenvalue weighted by Gasteiger charge is 2.18. The molecule has 1 aromatic rings. The summed E-state index contributed by atoms with van der Waals surface area (Å²) in [6.45, 7) is 2.92. The van der Waals surface area contributed by atoms with E-state index in [0.717, 1.165) is 18.1 Å². The molecule has 0 fully saturated rings. The first-order chi connectivity index (χ1) is 8.81. The van der Waals surface area contributed by atoms with Crippen LogP contribution in [0.4, 0.5) is 10.9 Å². The van der Waals surface area contributed by atoms with Crippen LogP contribution in [-0.4, -0.2) is 56.6 Å². The third-order valence-electron chi connectivity index (χ3n) is 2.62. The molecule has 1 unspecified atom stereocenters. The fraction of sp³-hybridized carbons (Fsp3) is 0.667. The molecule has 1 atom stereocenters. The Morgan fingerprint density at radius 3 is 2.53 bits per heavy atom. The molecule has 1 aromatic heterocycles. The van der Waals surface area contributed by atoms with E-state index < -0.39 is 0 Å². The van der Waals surface area contributed by atoms with E-state index in [0.29, 0.717) is 10.7 Å². The van der Waals surface area contributed by atoms with Gasteiger partial charge >= 0.3 is 0 Å². The SMILES string of the molecule is CC(CCN(C)C)NC(=O)c1sc(N(C)C)nc1N. The summed E-state index contributed by atoms with van der Waals surface area (Å²) in [5.74, 6) is 0.153. The second-order valence-corrected chi connectivity index (χ2v) is 6.05. The molecular weight excluding hydrogens is 262 g/mol. The van der Waals surface area contributed by atoms with Gasteiger partial charge in [0.25, 0.3) is 5.91 Å². The maximum Gasteiger partial charge on any atom is 0.265 e. The van der Waals surface area contributed by atoms with Gasteiger partial charge in [0.1, 0.15) is 10.7 Å². The first-order valence-electron chi connectivity index (χ1n) is 6.20. The van der Waals surface area contributed by atoms with Crippen LogP contribution >= 0.6 is 11.3 Å². The van der Waals surface area contributed by atoms with E-state index in [4.69, 9.17) is 5.73 Å². The molecule has 19 heavy (non-hydrogen) atoms. The summed E-state index contributed by atoms with van der Waals surface area (Å²) < 4.78 is 0. The van der Waals surface area contributed by atoms with Crippen LogP contribution in [0.3, 0.4) is 0 Å². The second kappa shape index (κ2) is 6.72. The van der Waals surface area contributed by atoms with Gasteiger partial charge in [-0.05, 0) is 34.0 Å². The smallest absolute Gasteiger partial charge is 0.265 e. The Hall–Kier alpha value is -1.34. The summed E-state index contributed by atoms with van der Waals surface area (Å²) in [4.78, 5) is 20.7. The number of aromatic nitrogens is 1. The molecule has 1 rings (SSSR count). The van der Waals surface area contributed by atoms with Crippen LogP contribution in [-0.2, 0) is 0 Å². The fourth-order valence-corrected chi connectivity index (χ4v) is 2.30. The zero-order valence-corrected chi connectivity index (χ0v) is 13.0. The number of hydrogen-bond acceptors (Lipinski definition) is 6. The molecule has 0 saturated carbocycles. The first-order valence-corrected chi connectivity index (χ1v) is 7.02. The lowest BCUT2D eigenvalue weighted by Crippen LogP contribution is -2.34. The number of nitrogen functional groups attached to an aromatic ring is 1. The van der Waals surface area contributed by atoms with Crippen molar-refractivity contribution in [2.45, 2.75) is 19.4 Å². The molecule has 0 aliphatic rings. The van der Waals surface area contributed by atoms with Crippen molar-refractivity contribution in [1.82, 2.24) is 15.2 Å². The Bertz CT molecular complexity index is 430. The molecule has 7 heteroatoms. The largest absolute Gasteiger partial charge is 0.382 e. The quantitative estimate of drug-likeness (QED) is 0.811. The number of rotatable bonds is 6. The molecule has 1 amide bonds. The van der Waals surface area contributed by atoms with Crippen molar-refractivity contribution >= 4 is 28.2 Å². The van der Waals surface area contributed by atoms with Gasteiger partial charge in [-0.1, -0.05) is 11.3 Å². The van der Waals surface area contributed by atoms with Gasteiger partial charge in [-0.3, -0.25) is 4.79 Å². The number of carbonyl (C=O) groups excluding carboxylic acids is 1. The molecule has 108 valence electrons. The minimum absolute atomic E-state index is 0.110. The lowest BCUT2D eigenvalue weighted by Gasteiger charge is -2.16. The zero-order valence-electron chi connectivity index (χ0n) is 12.2. The number of thiazole rings is 1. The molecular formula is C12H23N5OS. The van der Waals surface area contributed by atoms with Crippen molar-refractivity contribution in [2.24, 2.45) is 0 Å². The number of nitrogens with two attached hydrogens (primary N) is 1. The van der Waals surface area contributed by atoms with E-state index in [1.165, 1.54) is 11.3 Å². The monoisotopic (exact) mass is 285 g/mol. The van der Waals surface area contributed by atoms with Gasteiger partial charge in [0.2, 0.25) is 0 Å². The molecule has 1 heterocycles. The highest BCUT2D eigenvalue weighted by molar-refractivity contribution is 7.18. The van der Waals surface area contributed by atoms with Crippen molar-refractivity contribution in [1.29, 1.82) is 0 Å². The summed E-state index contributed by atoms with van der Waals surface area (Å²) in [6.07, 6.45) is 0.901. The van der Waals surface area contributed by atoms with Crippen LogP contribution in [0, 0.1) is 0 Å². The molecule has 0 aliphatic carbocycles. The van der Waals surface area contributed by atoms with Crippen LogP contribution in [0.15, 0.2) is 0 Å². The van der Waals surface area contributed by atoms with Gasteiger partial charge < -0.3 is 20.9 Å². The minimum Gasteiger partial charge on any atom is -0.382 e. The third-order valence-corrected chi connectivity index (χ3v) is 3.86. The van der Waals surface area contributed by atoms with Crippen molar-refractivity contribution < 1.29 is 4.79 Å².